The summed E-state index contributed by atoms with van der Waals surface area (Å²) in [5, 5.41) is 16.3. The van der Waals surface area contributed by atoms with Crippen LogP contribution in [-0.2, 0) is 14.6 Å². The summed E-state index contributed by atoms with van der Waals surface area (Å²) in [6.07, 6.45) is 8.52. The highest BCUT2D eigenvalue weighted by molar-refractivity contribution is 7.93. The van der Waals surface area contributed by atoms with Crippen molar-refractivity contribution in [3.63, 3.8) is 0 Å². The smallest absolute Gasteiger partial charge is 0.265 e. The van der Waals surface area contributed by atoms with E-state index in [1.165, 1.54) is 32.4 Å². The summed E-state index contributed by atoms with van der Waals surface area (Å²) in [5.41, 5.74) is 2.23. The lowest BCUT2D eigenvalue weighted by atomic mass is 9.77. The van der Waals surface area contributed by atoms with E-state index in [2.05, 4.69) is 10.6 Å². The van der Waals surface area contributed by atoms with Crippen molar-refractivity contribution >= 4 is 21.4 Å². The predicted molar refractivity (Wildman–Crippen MR) is 122 cm³/mol. The number of nitrogens with one attached hydrogen (secondary N) is 3. The molecule has 1 saturated heterocycles. The lowest BCUT2D eigenvalue weighted by molar-refractivity contribution is -0.132. The van der Waals surface area contributed by atoms with Gasteiger partial charge in [0.25, 0.3) is 5.91 Å². The molecule has 1 atom stereocenters. The maximum Gasteiger partial charge on any atom is 0.265 e. The third-order valence-electron chi connectivity index (χ3n) is 7.86. The number of sulfone groups is 1. The number of ether oxygens (including phenoxy) is 1. The molecule has 3 fully saturated rings. The molecular weight excluding hydrogens is 430 g/mol. The summed E-state index contributed by atoms with van der Waals surface area (Å²) in [6, 6.07) is 5.16. The Hall–Kier alpha value is -1.84. The van der Waals surface area contributed by atoms with Crippen LogP contribution in [-0.4, -0.2) is 50.5 Å². The van der Waals surface area contributed by atoms with Crippen LogP contribution in [0.1, 0.15) is 64.2 Å². The maximum absolute atomic E-state index is 13.9. The number of rotatable bonds is 6. The zero-order valence-electron chi connectivity index (χ0n) is 18.8. The molecule has 4 N–H and O–H groups in total. The van der Waals surface area contributed by atoms with Gasteiger partial charge in [-0.25, -0.2) is 13.9 Å². The fourth-order valence-corrected chi connectivity index (χ4v) is 8.05. The summed E-state index contributed by atoms with van der Waals surface area (Å²) in [4.78, 5) is 12.9. The van der Waals surface area contributed by atoms with E-state index in [9.17, 15) is 18.4 Å². The molecule has 4 rings (SSSR count). The van der Waals surface area contributed by atoms with Crippen molar-refractivity contribution in [3.05, 3.63) is 18.2 Å². The highest BCUT2D eigenvalue weighted by Crippen LogP contribution is 2.54. The van der Waals surface area contributed by atoms with Crippen LogP contribution in [0.2, 0.25) is 0 Å². The van der Waals surface area contributed by atoms with Gasteiger partial charge in [-0.15, -0.1) is 0 Å². The molecule has 1 unspecified atom stereocenters. The van der Waals surface area contributed by atoms with Crippen molar-refractivity contribution in [3.8, 4) is 5.75 Å². The fourth-order valence-electron chi connectivity index (χ4n) is 5.93. The number of hydroxylamine groups is 1. The van der Waals surface area contributed by atoms with Gasteiger partial charge < -0.3 is 15.4 Å². The number of anilines is 1. The first kappa shape index (κ1) is 23.3. The second-order valence-corrected chi connectivity index (χ2v) is 12.0. The van der Waals surface area contributed by atoms with Crippen molar-refractivity contribution in [1.82, 2.24) is 10.8 Å². The van der Waals surface area contributed by atoms with Gasteiger partial charge in [-0.3, -0.25) is 10.0 Å². The summed E-state index contributed by atoms with van der Waals surface area (Å²) in [7, 11) is -2.55. The Labute approximate surface area is 190 Å². The predicted octanol–water partition coefficient (Wildman–Crippen LogP) is 3.01. The Morgan fingerprint density at radius 1 is 1.12 bits per heavy atom. The van der Waals surface area contributed by atoms with Gasteiger partial charge in [-0.2, -0.15) is 0 Å². The molecule has 1 aliphatic heterocycles. The van der Waals surface area contributed by atoms with Crippen LogP contribution in [0, 0.1) is 5.41 Å². The molecule has 1 spiro atoms. The summed E-state index contributed by atoms with van der Waals surface area (Å²) >= 11 is 0. The van der Waals surface area contributed by atoms with E-state index < -0.39 is 20.5 Å². The second-order valence-electron chi connectivity index (χ2n) is 9.71. The molecule has 32 heavy (non-hydrogen) atoms. The minimum atomic E-state index is -4.07. The molecule has 9 heteroatoms. The molecular formula is C23H35N3O5S. The summed E-state index contributed by atoms with van der Waals surface area (Å²) in [6.45, 7) is 1.62. The van der Waals surface area contributed by atoms with Crippen LogP contribution in [0.3, 0.4) is 0 Å². The number of carbonyl (C=O) groups excluding carboxylic acids is 1. The fraction of sp³-hybridized carbons (Fsp3) is 0.696. The van der Waals surface area contributed by atoms with Crippen molar-refractivity contribution in [2.45, 2.75) is 79.9 Å². The number of carbonyl (C=O) groups is 1. The molecule has 0 radical (unpaired) electrons. The third-order valence-corrected chi connectivity index (χ3v) is 10.3. The molecule has 0 bridgehead atoms. The van der Waals surface area contributed by atoms with E-state index >= 15 is 0 Å². The lowest BCUT2D eigenvalue weighted by Crippen LogP contribution is -2.51. The maximum atomic E-state index is 13.9. The molecule has 178 valence electrons. The SMILES string of the molecule is COc1cc(S(=O)(=O)C2(C(=O)NO)CCC3(CCNCC3)C2)ccc1NC1CCCCC1. The molecule has 1 amide bonds. The van der Waals surface area contributed by atoms with Crippen LogP contribution >= 0.6 is 0 Å². The lowest BCUT2D eigenvalue weighted by Gasteiger charge is -2.36. The van der Waals surface area contributed by atoms with Crippen molar-refractivity contribution < 1.29 is 23.2 Å². The minimum Gasteiger partial charge on any atom is -0.495 e. The van der Waals surface area contributed by atoms with Gasteiger partial charge in [-0.1, -0.05) is 19.3 Å². The van der Waals surface area contributed by atoms with Crippen LogP contribution in [0.4, 0.5) is 5.69 Å². The zero-order valence-corrected chi connectivity index (χ0v) is 19.6. The van der Waals surface area contributed by atoms with E-state index in [1.807, 2.05) is 0 Å². The van der Waals surface area contributed by atoms with Crippen LogP contribution in [0.15, 0.2) is 23.1 Å². The van der Waals surface area contributed by atoms with E-state index in [-0.39, 0.29) is 23.2 Å². The Morgan fingerprint density at radius 3 is 2.50 bits per heavy atom. The average molecular weight is 466 g/mol. The van der Waals surface area contributed by atoms with Crippen LogP contribution in [0.25, 0.3) is 0 Å². The third kappa shape index (κ3) is 4.10. The highest BCUT2D eigenvalue weighted by Gasteiger charge is 2.60. The topological polar surface area (TPSA) is 117 Å². The quantitative estimate of drug-likeness (QED) is 0.377. The van der Waals surface area contributed by atoms with Gasteiger partial charge in [-0.05, 0) is 75.6 Å². The van der Waals surface area contributed by atoms with Gasteiger partial charge in [0, 0.05) is 12.1 Å². The first-order valence-corrected chi connectivity index (χ1v) is 13.2. The van der Waals surface area contributed by atoms with Crippen LogP contribution in [0.5, 0.6) is 5.75 Å². The number of hydrogen-bond acceptors (Lipinski definition) is 7. The Kier molecular flexibility index (Phi) is 6.70. The minimum absolute atomic E-state index is 0.0538. The Morgan fingerprint density at radius 2 is 1.84 bits per heavy atom. The standard InChI is InChI=1S/C23H35N3O5S/c1-31-20-15-18(7-8-19(20)25-17-5-3-2-4-6-17)32(29,30)23(21(27)26-28)10-9-22(16-23)11-13-24-14-12-22/h7-8,15,17,24-25,28H,2-6,9-14,16H2,1H3,(H,26,27). The first-order chi connectivity index (χ1) is 15.4. The molecule has 2 aliphatic carbocycles. The van der Waals surface area contributed by atoms with E-state index in [0.29, 0.717) is 18.2 Å². The monoisotopic (exact) mass is 465 g/mol. The number of amides is 1. The zero-order chi connectivity index (χ0) is 22.8. The van der Waals surface area contributed by atoms with Gasteiger partial charge in [0.2, 0.25) is 0 Å². The first-order valence-electron chi connectivity index (χ1n) is 11.7. The van der Waals surface area contributed by atoms with Crippen LogP contribution < -0.4 is 20.9 Å². The molecule has 0 aromatic heterocycles. The van der Waals surface area contributed by atoms with E-state index in [1.54, 1.807) is 17.6 Å². The summed E-state index contributed by atoms with van der Waals surface area (Å²) in [5.74, 6) is -0.387. The number of methoxy groups -OCH3 is 1. The molecule has 1 aromatic carbocycles. The van der Waals surface area contributed by atoms with Crippen molar-refractivity contribution in [1.29, 1.82) is 0 Å². The normalized spacial score (nSPS) is 26.1. The second kappa shape index (κ2) is 9.19. The molecule has 1 aromatic rings. The van der Waals surface area contributed by atoms with Crippen molar-refractivity contribution in [2.24, 2.45) is 5.41 Å². The number of benzene rings is 1. The highest BCUT2D eigenvalue weighted by atomic mass is 32.2. The van der Waals surface area contributed by atoms with E-state index in [0.717, 1.165) is 44.5 Å². The van der Waals surface area contributed by atoms with Gasteiger partial charge in [0.1, 0.15) is 5.75 Å². The van der Waals surface area contributed by atoms with Gasteiger partial charge >= 0.3 is 0 Å². The molecule has 1 heterocycles. The molecule has 2 saturated carbocycles. The molecule has 3 aliphatic rings. The number of piperidine rings is 1. The van der Waals surface area contributed by atoms with Gasteiger partial charge in [0.05, 0.1) is 17.7 Å². The van der Waals surface area contributed by atoms with Gasteiger partial charge in [0.15, 0.2) is 14.6 Å². The van der Waals surface area contributed by atoms with E-state index in [4.69, 9.17) is 4.74 Å². The Balaban J connectivity index is 1.66. The Bertz CT molecular complexity index is 939. The average Bonchev–Trinajstić information content (AvgIpc) is 3.20. The molecule has 8 nitrogen and oxygen atoms in total. The largest absolute Gasteiger partial charge is 0.495 e. The summed E-state index contributed by atoms with van der Waals surface area (Å²) < 4.78 is 31.6. The van der Waals surface area contributed by atoms with Crippen molar-refractivity contribution in [2.75, 3.05) is 25.5 Å². The number of hydrogen-bond donors (Lipinski definition) is 4.